The predicted molar refractivity (Wildman–Crippen MR) is 68.6 cm³/mol. The molecule has 2 N–H and O–H groups in total. The molecule has 0 bridgehead atoms. The van der Waals surface area contributed by atoms with Gasteiger partial charge in [0.1, 0.15) is 0 Å². The zero-order valence-electron chi connectivity index (χ0n) is 10.4. The van der Waals surface area contributed by atoms with Crippen LogP contribution in [0.15, 0.2) is 35.7 Å². The van der Waals surface area contributed by atoms with Crippen molar-refractivity contribution in [1.82, 2.24) is 10.6 Å². The second-order valence-corrected chi connectivity index (χ2v) is 3.34. The number of hydrogen-bond donors (Lipinski definition) is 2. The summed E-state index contributed by atoms with van der Waals surface area (Å²) in [4.78, 5) is 0. The maximum absolute atomic E-state index is 3.45. The van der Waals surface area contributed by atoms with Gasteiger partial charge >= 0.3 is 0 Å². The molecule has 0 fully saturated rings. The molecule has 0 saturated heterocycles. The molecule has 0 aliphatic heterocycles. The third-order valence-electron chi connectivity index (χ3n) is 2.07. The minimum absolute atomic E-state index is 0.955. The molecule has 0 radical (unpaired) electrons. The third-order valence-corrected chi connectivity index (χ3v) is 2.07. The average molecular weight is 208 g/mol. The Morgan fingerprint density at radius 1 is 1.20 bits per heavy atom. The van der Waals surface area contributed by atoms with Gasteiger partial charge < -0.3 is 10.6 Å². The molecule has 0 amide bonds. The Bertz CT molecular complexity index is 237. The van der Waals surface area contributed by atoms with Gasteiger partial charge in [-0.05, 0) is 26.3 Å². The van der Waals surface area contributed by atoms with Crippen molar-refractivity contribution in [2.75, 3.05) is 13.6 Å². The Balaban J connectivity index is 4.66. The van der Waals surface area contributed by atoms with Gasteiger partial charge in [-0.25, -0.2) is 0 Å². The second kappa shape index (κ2) is 9.38. The lowest BCUT2D eigenvalue weighted by atomic mass is 10.2. The van der Waals surface area contributed by atoms with Gasteiger partial charge in [-0.3, -0.25) is 0 Å². The van der Waals surface area contributed by atoms with E-state index in [1.54, 1.807) is 0 Å². The van der Waals surface area contributed by atoms with Crippen LogP contribution in [0, 0.1) is 0 Å². The molecule has 0 aliphatic carbocycles. The van der Waals surface area contributed by atoms with Crippen LogP contribution < -0.4 is 10.6 Å². The normalized spacial score (nSPS) is 13.3. The lowest BCUT2D eigenvalue weighted by Crippen LogP contribution is -2.20. The highest BCUT2D eigenvalue weighted by Gasteiger charge is 1.99. The smallest absolute Gasteiger partial charge is 0.0530 e. The van der Waals surface area contributed by atoms with Gasteiger partial charge in [-0.1, -0.05) is 25.2 Å². The summed E-state index contributed by atoms with van der Waals surface area (Å²) >= 11 is 0. The summed E-state index contributed by atoms with van der Waals surface area (Å²) in [5.41, 5.74) is 2.43. The molecule has 2 nitrogen and oxygen atoms in total. The van der Waals surface area contributed by atoms with E-state index in [2.05, 4.69) is 41.9 Å². The predicted octanol–water partition coefficient (Wildman–Crippen LogP) is 2.96. The quantitative estimate of drug-likeness (QED) is 0.496. The molecule has 0 heterocycles. The van der Waals surface area contributed by atoms with Gasteiger partial charge in [-0.2, -0.15) is 0 Å². The number of hydrogen-bond acceptors (Lipinski definition) is 2. The molecule has 2 heteroatoms. The molecule has 0 aliphatic rings. The van der Waals surface area contributed by atoms with E-state index in [4.69, 9.17) is 0 Å². The number of rotatable bonds is 7. The number of allylic oxidation sites excluding steroid dienone is 4. The Kier molecular flexibility index (Phi) is 8.64. The first-order valence-corrected chi connectivity index (χ1v) is 5.68. The van der Waals surface area contributed by atoms with E-state index in [1.165, 1.54) is 11.4 Å². The van der Waals surface area contributed by atoms with Crippen LogP contribution in [-0.2, 0) is 0 Å². The SMILES string of the molecule is CC=CC/C(NCCC)=C(\C=C/C)NC. The van der Waals surface area contributed by atoms with Crippen LogP contribution in [0.2, 0.25) is 0 Å². The first-order valence-electron chi connectivity index (χ1n) is 5.68. The Morgan fingerprint density at radius 2 is 1.93 bits per heavy atom. The Hall–Kier alpha value is -1.18. The lowest BCUT2D eigenvalue weighted by Gasteiger charge is -2.13. The van der Waals surface area contributed by atoms with Crippen LogP contribution in [0.25, 0.3) is 0 Å². The fourth-order valence-corrected chi connectivity index (χ4v) is 1.29. The second-order valence-electron chi connectivity index (χ2n) is 3.34. The molecular weight excluding hydrogens is 184 g/mol. The highest BCUT2D eigenvalue weighted by molar-refractivity contribution is 5.24. The van der Waals surface area contributed by atoms with Crippen molar-refractivity contribution in [3.63, 3.8) is 0 Å². The van der Waals surface area contributed by atoms with Crippen molar-refractivity contribution in [2.24, 2.45) is 0 Å². The molecule has 0 rings (SSSR count). The van der Waals surface area contributed by atoms with Crippen LogP contribution in [0.1, 0.15) is 33.6 Å². The summed E-state index contributed by atoms with van der Waals surface area (Å²) in [6, 6.07) is 0. The van der Waals surface area contributed by atoms with Crippen molar-refractivity contribution < 1.29 is 0 Å². The van der Waals surface area contributed by atoms with Gasteiger partial charge in [0.25, 0.3) is 0 Å². The number of nitrogens with one attached hydrogen (secondary N) is 2. The first-order chi connectivity index (χ1) is 7.29. The lowest BCUT2D eigenvalue weighted by molar-refractivity contribution is 0.735. The topological polar surface area (TPSA) is 24.1 Å². The van der Waals surface area contributed by atoms with Crippen LogP contribution in [0.5, 0.6) is 0 Å². The van der Waals surface area contributed by atoms with Crippen LogP contribution >= 0.6 is 0 Å². The number of likely N-dealkylation sites (N-methyl/N-ethyl adjacent to an activating group) is 1. The van der Waals surface area contributed by atoms with Crippen molar-refractivity contribution in [2.45, 2.75) is 33.6 Å². The van der Waals surface area contributed by atoms with E-state index in [1.807, 2.05) is 20.9 Å². The van der Waals surface area contributed by atoms with Crippen LogP contribution in [0.3, 0.4) is 0 Å². The molecular formula is C13H24N2. The van der Waals surface area contributed by atoms with Crippen molar-refractivity contribution in [3.05, 3.63) is 35.7 Å². The monoisotopic (exact) mass is 208 g/mol. The zero-order chi connectivity index (χ0) is 11.5. The van der Waals surface area contributed by atoms with Gasteiger partial charge in [0.2, 0.25) is 0 Å². The fourth-order valence-electron chi connectivity index (χ4n) is 1.29. The molecule has 15 heavy (non-hydrogen) atoms. The molecule has 0 saturated carbocycles. The molecule has 0 spiro atoms. The standard InChI is InChI=1S/C13H24N2/c1-5-8-10-13(15-11-7-3)12(14-4)9-6-2/h5-6,8-9,14-15H,7,10-11H2,1-4H3/b8-5?,9-6-,13-12-. The first kappa shape index (κ1) is 13.8. The maximum Gasteiger partial charge on any atom is 0.0530 e. The average Bonchev–Trinajstić information content (AvgIpc) is 2.27. The summed E-state index contributed by atoms with van der Waals surface area (Å²) in [6.07, 6.45) is 10.5. The molecule has 86 valence electrons. The van der Waals surface area contributed by atoms with Crippen molar-refractivity contribution >= 4 is 0 Å². The summed E-state index contributed by atoms with van der Waals surface area (Å²) in [7, 11) is 1.96. The Morgan fingerprint density at radius 3 is 2.40 bits per heavy atom. The van der Waals surface area contributed by atoms with Gasteiger partial charge in [0, 0.05) is 25.7 Å². The maximum atomic E-state index is 3.45. The van der Waals surface area contributed by atoms with E-state index < -0.39 is 0 Å². The van der Waals surface area contributed by atoms with Crippen molar-refractivity contribution in [3.8, 4) is 0 Å². The van der Waals surface area contributed by atoms with Gasteiger partial charge in [-0.15, -0.1) is 0 Å². The summed E-state index contributed by atoms with van der Waals surface area (Å²) in [5.74, 6) is 0. The zero-order valence-corrected chi connectivity index (χ0v) is 10.4. The fraction of sp³-hybridized carbons (Fsp3) is 0.538. The van der Waals surface area contributed by atoms with E-state index >= 15 is 0 Å². The summed E-state index contributed by atoms with van der Waals surface area (Å²) < 4.78 is 0. The van der Waals surface area contributed by atoms with E-state index in [0.717, 1.165) is 19.4 Å². The van der Waals surface area contributed by atoms with E-state index in [9.17, 15) is 0 Å². The minimum atomic E-state index is 0.955. The minimum Gasteiger partial charge on any atom is -0.387 e. The highest BCUT2D eigenvalue weighted by atomic mass is 14.9. The summed E-state index contributed by atoms with van der Waals surface area (Å²) in [6.45, 7) is 7.28. The van der Waals surface area contributed by atoms with E-state index in [0.29, 0.717) is 0 Å². The van der Waals surface area contributed by atoms with E-state index in [-0.39, 0.29) is 0 Å². The third kappa shape index (κ3) is 6.00. The van der Waals surface area contributed by atoms with Gasteiger partial charge in [0.15, 0.2) is 0 Å². The summed E-state index contributed by atoms with van der Waals surface area (Å²) in [5, 5.41) is 6.67. The largest absolute Gasteiger partial charge is 0.387 e. The Labute approximate surface area is 94.1 Å². The van der Waals surface area contributed by atoms with Crippen molar-refractivity contribution in [1.29, 1.82) is 0 Å². The molecule has 0 aromatic rings. The molecule has 0 aromatic carbocycles. The molecule has 0 atom stereocenters. The van der Waals surface area contributed by atoms with Crippen LogP contribution in [0.4, 0.5) is 0 Å². The highest BCUT2D eigenvalue weighted by Crippen LogP contribution is 2.06. The van der Waals surface area contributed by atoms with Crippen LogP contribution in [-0.4, -0.2) is 13.6 Å². The van der Waals surface area contributed by atoms with Gasteiger partial charge in [0.05, 0.1) is 5.70 Å². The molecule has 0 unspecified atom stereocenters. The molecule has 0 aromatic heterocycles.